The number of rotatable bonds is 9. The second-order valence-electron chi connectivity index (χ2n) is 10.4. The van der Waals surface area contributed by atoms with Crippen molar-refractivity contribution >= 4 is 11.6 Å². The van der Waals surface area contributed by atoms with Crippen molar-refractivity contribution in [2.24, 2.45) is 5.92 Å². The van der Waals surface area contributed by atoms with Gasteiger partial charge in [0.15, 0.2) is 6.29 Å². The molecule has 2 N–H and O–H groups in total. The van der Waals surface area contributed by atoms with Gasteiger partial charge in [-0.25, -0.2) is 0 Å². The summed E-state index contributed by atoms with van der Waals surface area (Å²) in [5.74, 6) is -0.0967. The van der Waals surface area contributed by atoms with Crippen molar-refractivity contribution in [2.75, 3.05) is 32.1 Å². The third-order valence-electron chi connectivity index (χ3n) is 7.76. The van der Waals surface area contributed by atoms with E-state index in [0.29, 0.717) is 17.3 Å². The normalized spacial score (nSPS) is 25.5. The molecular formula is C31H37N3O5. The average Bonchev–Trinajstić information content (AvgIpc) is 3.41. The van der Waals surface area contributed by atoms with Crippen LogP contribution in [-0.4, -0.2) is 59.8 Å². The Kier molecular flexibility index (Phi) is 9.01. The van der Waals surface area contributed by atoms with Gasteiger partial charge in [0, 0.05) is 49.3 Å². The molecule has 1 amide bonds. The van der Waals surface area contributed by atoms with E-state index < -0.39 is 6.29 Å². The molecule has 206 valence electrons. The summed E-state index contributed by atoms with van der Waals surface area (Å²) in [6.07, 6.45) is 4.70. The smallest absolute Gasteiger partial charge is 0.257 e. The number of hydrogen-bond acceptors (Lipinski definition) is 7. The lowest BCUT2D eigenvalue weighted by Crippen LogP contribution is -2.46. The lowest BCUT2D eigenvalue weighted by Gasteiger charge is -2.43. The molecule has 8 heteroatoms. The predicted molar refractivity (Wildman–Crippen MR) is 148 cm³/mol. The Balaban J connectivity index is 1.35. The van der Waals surface area contributed by atoms with Crippen LogP contribution in [0.25, 0.3) is 0 Å². The summed E-state index contributed by atoms with van der Waals surface area (Å²) >= 11 is 0. The predicted octanol–water partition coefficient (Wildman–Crippen LogP) is 4.73. The molecule has 0 saturated carbocycles. The van der Waals surface area contributed by atoms with E-state index in [1.54, 1.807) is 31.6 Å². The zero-order chi connectivity index (χ0) is 27.2. The van der Waals surface area contributed by atoms with Gasteiger partial charge in [-0.2, -0.15) is 0 Å². The molecule has 5 atom stereocenters. The fourth-order valence-electron chi connectivity index (χ4n) is 5.50. The fourth-order valence-corrected chi connectivity index (χ4v) is 5.50. The number of nitrogens with zero attached hydrogens (tertiary/aromatic N) is 2. The molecule has 2 aliphatic heterocycles. The first kappa shape index (κ1) is 27.4. The molecular weight excluding hydrogens is 494 g/mol. The van der Waals surface area contributed by atoms with Gasteiger partial charge < -0.3 is 24.6 Å². The van der Waals surface area contributed by atoms with Gasteiger partial charge in [0.1, 0.15) is 0 Å². The number of amides is 1. The maximum Gasteiger partial charge on any atom is 0.257 e. The lowest BCUT2D eigenvalue weighted by molar-refractivity contribution is -0.276. The van der Waals surface area contributed by atoms with Crippen molar-refractivity contribution in [1.29, 1.82) is 0 Å². The van der Waals surface area contributed by atoms with Crippen LogP contribution in [0.1, 0.15) is 59.2 Å². The minimum Gasteiger partial charge on any atom is -0.392 e. The molecule has 3 heterocycles. The molecule has 39 heavy (non-hydrogen) atoms. The first-order valence-electron chi connectivity index (χ1n) is 13.6. The highest BCUT2D eigenvalue weighted by Gasteiger charge is 2.40. The molecule has 0 bridgehead atoms. The Morgan fingerprint density at radius 1 is 1.10 bits per heavy atom. The maximum atomic E-state index is 12.5. The van der Waals surface area contributed by atoms with E-state index in [9.17, 15) is 9.90 Å². The standard InChI is InChI=1S/C31H37N3O5/c1-21-28(18-34-16-4-6-27(34)20-37-2)38-31(39-29(21)23-9-7-22(19-35)8-10-23)24-11-13-26(14-12-24)33-30(36)25-5-3-15-32-17-25/h3,5,7-15,17,21,27-29,31,35H,4,6,16,18-20H2,1-2H3,(H,33,36). The van der Waals surface area contributed by atoms with Gasteiger partial charge in [0.05, 0.1) is 31.0 Å². The van der Waals surface area contributed by atoms with Crippen LogP contribution in [0.2, 0.25) is 0 Å². The molecule has 2 aliphatic rings. The fraction of sp³-hybridized carbons (Fsp3) is 0.419. The average molecular weight is 532 g/mol. The van der Waals surface area contributed by atoms with Crippen LogP contribution in [0.5, 0.6) is 0 Å². The molecule has 5 rings (SSSR count). The number of likely N-dealkylation sites (tertiary alicyclic amines) is 1. The van der Waals surface area contributed by atoms with E-state index in [0.717, 1.165) is 49.2 Å². The van der Waals surface area contributed by atoms with Crippen LogP contribution in [0.3, 0.4) is 0 Å². The third-order valence-corrected chi connectivity index (χ3v) is 7.76. The Labute approximate surface area is 229 Å². The maximum absolute atomic E-state index is 12.5. The number of carbonyl (C=O) groups is 1. The van der Waals surface area contributed by atoms with E-state index in [-0.39, 0.29) is 30.6 Å². The molecule has 5 unspecified atom stereocenters. The van der Waals surface area contributed by atoms with E-state index >= 15 is 0 Å². The number of hydrogen-bond donors (Lipinski definition) is 2. The number of benzene rings is 2. The molecule has 2 saturated heterocycles. The van der Waals surface area contributed by atoms with Crippen molar-refractivity contribution < 1.29 is 24.1 Å². The second kappa shape index (κ2) is 12.8. The van der Waals surface area contributed by atoms with Gasteiger partial charge in [-0.1, -0.05) is 43.3 Å². The van der Waals surface area contributed by atoms with Crippen molar-refractivity contribution in [3.63, 3.8) is 0 Å². The number of aliphatic hydroxyl groups is 1. The molecule has 8 nitrogen and oxygen atoms in total. The minimum absolute atomic E-state index is 0.00916. The van der Waals surface area contributed by atoms with Crippen LogP contribution in [0.15, 0.2) is 73.1 Å². The van der Waals surface area contributed by atoms with Gasteiger partial charge in [-0.15, -0.1) is 0 Å². The van der Waals surface area contributed by atoms with Gasteiger partial charge in [-0.05, 0) is 54.8 Å². The Bertz CT molecular complexity index is 1210. The summed E-state index contributed by atoms with van der Waals surface area (Å²) in [6.45, 7) is 4.76. The molecule has 0 radical (unpaired) electrons. The highest BCUT2D eigenvalue weighted by molar-refractivity contribution is 6.03. The first-order chi connectivity index (χ1) is 19.1. The Hall–Kier alpha value is -3.14. The van der Waals surface area contributed by atoms with Crippen LogP contribution in [-0.2, 0) is 20.8 Å². The van der Waals surface area contributed by atoms with Crippen molar-refractivity contribution in [1.82, 2.24) is 9.88 Å². The monoisotopic (exact) mass is 531 g/mol. The zero-order valence-corrected chi connectivity index (χ0v) is 22.5. The number of aromatic nitrogens is 1. The molecule has 0 aliphatic carbocycles. The number of nitrogens with one attached hydrogen (secondary N) is 1. The van der Waals surface area contributed by atoms with E-state index in [1.807, 2.05) is 48.5 Å². The van der Waals surface area contributed by atoms with Crippen LogP contribution < -0.4 is 5.32 Å². The number of pyridine rings is 1. The summed E-state index contributed by atoms with van der Waals surface area (Å²) in [5.41, 5.74) is 4.01. The summed E-state index contributed by atoms with van der Waals surface area (Å²) < 4.78 is 18.7. The molecule has 1 aromatic heterocycles. The van der Waals surface area contributed by atoms with E-state index in [1.165, 1.54) is 0 Å². The van der Waals surface area contributed by atoms with Gasteiger partial charge in [0.2, 0.25) is 0 Å². The second-order valence-corrected chi connectivity index (χ2v) is 10.4. The third kappa shape index (κ3) is 6.54. The molecule has 2 fully saturated rings. The number of ether oxygens (including phenoxy) is 3. The number of methoxy groups -OCH3 is 1. The molecule has 0 spiro atoms. The number of aliphatic hydroxyl groups excluding tert-OH is 1. The lowest BCUT2D eigenvalue weighted by atomic mass is 9.90. The number of carbonyl (C=O) groups excluding carboxylic acids is 1. The zero-order valence-electron chi connectivity index (χ0n) is 22.5. The van der Waals surface area contributed by atoms with Crippen molar-refractivity contribution in [3.05, 3.63) is 95.3 Å². The summed E-state index contributed by atoms with van der Waals surface area (Å²) in [4.78, 5) is 19.0. The summed E-state index contributed by atoms with van der Waals surface area (Å²) in [7, 11) is 1.76. The highest BCUT2D eigenvalue weighted by Crippen LogP contribution is 2.42. The quantitative estimate of drug-likeness (QED) is 0.412. The van der Waals surface area contributed by atoms with Crippen molar-refractivity contribution in [2.45, 2.75) is 50.9 Å². The van der Waals surface area contributed by atoms with Gasteiger partial charge in [-0.3, -0.25) is 14.7 Å². The summed E-state index contributed by atoms with van der Waals surface area (Å²) in [5, 5.41) is 12.4. The molecule has 3 aromatic rings. The van der Waals surface area contributed by atoms with Crippen LogP contribution in [0, 0.1) is 5.92 Å². The topological polar surface area (TPSA) is 93.2 Å². The highest BCUT2D eigenvalue weighted by atomic mass is 16.7. The van der Waals surface area contributed by atoms with Crippen LogP contribution >= 0.6 is 0 Å². The first-order valence-corrected chi connectivity index (χ1v) is 13.6. The van der Waals surface area contributed by atoms with Gasteiger partial charge >= 0.3 is 0 Å². The minimum atomic E-state index is -0.555. The van der Waals surface area contributed by atoms with Gasteiger partial charge in [0.25, 0.3) is 5.91 Å². The van der Waals surface area contributed by atoms with E-state index in [2.05, 4.69) is 22.1 Å². The molecule has 2 aromatic carbocycles. The Morgan fingerprint density at radius 2 is 1.87 bits per heavy atom. The van der Waals surface area contributed by atoms with Crippen LogP contribution in [0.4, 0.5) is 5.69 Å². The Morgan fingerprint density at radius 3 is 2.56 bits per heavy atom. The summed E-state index contributed by atoms with van der Waals surface area (Å²) in [6, 6.07) is 19.4. The van der Waals surface area contributed by atoms with E-state index in [4.69, 9.17) is 14.2 Å². The number of anilines is 1. The largest absolute Gasteiger partial charge is 0.392 e. The SMILES string of the molecule is COCC1CCCN1CC1OC(c2ccc(NC(=O)c3cccnc3)cc2)OC(c2ccc(CO)cc2)C1C. The van der Waals surface area contributed by atoms with Crippen molar-refractivity contribution in [3.8, 4) is 0 Å².